The molecule has 0 spiro atoms. The molecule has 9 nitrogen and oxygen atoms in total. The number of nitrogens with one attached hydrogen (secondary N) is 2. The molecule has 2 N–H and O–H groups in total. The molecule has 1 amide bonds. The zero-order valence-electron chi connectivity index (χ0n) is 19.3. The van der Waals surface area contributed by atoms with Crippen molar-refractivity contribution in [3.63, 3.8) is 0 Å². The number of rotatable bonds is 6. The van der Waals surface area contributed by atoms with E-state index in [-0.39, 0.29) is 11.6 Å². The van der Waals surface area contributed by atoms with Crippen molar-refractivity contribution in [2.24, 2.45) is 0 Å². The molecule has 1 saturated heterocycles. The van der Waals surface area contributed by atoms with Gasteiger partial charge in [0.05, 0.1) is 29.3 Å². The first kappa shape index (κ1) is 21.6. The van der Waals surface area contributed by atoms with E-state index < -0.39 is 11.7 Å². The number of hydrogen-bond donors (Lipinski definition) is 2. The second-order valence-corrected chi connectivity index (χ2v) is 9.17. The summed E-state index contributed by atoms with van der Waals surface area (Å²) in [6.07, 6.45) is 8.65. The molecule has 4 heterocycles. The molecular formula is C25H25FN8O. The van der Waals surface area contributed by atoms with Crippen molar-refractivity contribution in [2.45, 2.75) is 38.1 Å². The number of amides is 1. The van der Waals surface area contributed by atoms with E-state index in [0.717, 1.165) is 49.3 Å². The van der Waals surface area contributed by atoms with E-state index in [9.17, 15) is 9.18 Å². The predicted octanol–water partition coefficient (Wildman–Crippen LogP) is 3.64. The van der Waals surface area contributed by atoms with Crippen LogP contribution in [0, 0.1) is 12.7 Å². The molecule has 4 aromatic rings. The lowest BCUT2D eigenvalue weighted by Crippen LogP contribution is -2.16. The Morgan fingerprint density at radius 3 is 2.89 bits per heavy atom. The molecule has 10 heteroatoms. The summed E-state index contributed by atoms with van der Waals surface area (Å²) in [5, 5.41) is 14.4. The molecular weight excluding hydrogens is 447 g/mol. The molecule has 0 unspecified atom stereocenters. The van der Waals surface area contributed by atoms with Gasteiger partial charge in [0.1, 0.15) is 23.7 Å². The van der Waals surface area contributed by atoms with Crippen LogP contribution < -0.4 is 10.6 Å². The number of anilines is 1. The molecule has 3 aromatic heterocycles. The number of carbonyl (C=O) groups is 1. The van der Waals surface area contributed by atoms with Crippen LogP contribution in [0.5, 0.6) is 0 Å². The Hall–Kier alpha value is -3.92. The minimum absolute atomic E-state index is 0.0559. The normalized spacial score (nSPS) is 17.6. The first-order valence-electron chi connectivity index (χ1n) is 11.8. The van der Waals surface area contributed by atoms with Gasteiger partial charge < -0.3 is 19.8 Å². The average Bonchev–Trinajstić information content (AvgIpc) is 3.25. The molecule has 2 fully saturated rings. The average molecular weight is 473 g/mol. The van der Waals surface area contributed by atoms with Gasteiger partial charge in [0.25, 0.3) is 5.91 Å². The first-order chi connectivity index (χ1) is 17.1. The van der Waals surface area contributed by atoms with Crippen molar-refractivity contribution < 1.29 is 9.18 Å². The molecule has 2 aliphatic rings. The molecule has 178 valence electrons. The number of carbonyl (C=O) groups excluding carboxylic acids is 1. The monoisotopic (exact) mass is 472 g/mol. The standard InChI is InChI=1S/C25H25FN8O/c1-15-9-19(26)18(10-22(15)33-12-21(28-13-33)16-5-6-16)25(35)31-23-4-2-3-20(30-23)24-32-29-14-34(24)17-7-8-27-11-17/h2-4,9-10,12-14,16-17,27H,5-8,11H2,1H3,(H,30,31,35)/t17-/m0/s1. The Morgan fingerprint density at radius 1 is 1.20 bits per heavy atom. The third kappa shape index (κ3) is 4.21. The van der Waals surface area contributed by atoms with Crippen molar-refractivity contribution in [3.8, 4) is 17.2 Å². The Labute approximate surface area is 201 Å². The van der Waals surface area contributed by atoms with Crippen molar-refractivity contribution in [1.82, 2.24) is 34.6 Å². The number of imidazole rings is 1. The fourth-order valence-electron chi connectivity index (χ4n) is 4.56. The summed E-state index contributed by atoms with van der Waals surface area (Å²) in [5.74, 6) is 0.291. The van der Waals surface area contributed by atoms with Crippen LogP contribution in [-0.4, -0.2) is 48.3 Å². The minimum atomic E-state index is -0.587. The van der Waals surface area contributed by atoms with Crippen LogP contribution in [-0.2, 0) is 0 Å². The van der Waals surface area contributed by atoms with Gasteiger partial charge in [-0.05, 0) is 62.6 Å². The first-order valence-corrected chi connectivity index (χ1v) is 11.8. The van der Waals surface area contributed by atoms with Crippen LogP contribution in [0.3, 0.4) is 0 Å². The van der Waals surface area contributed by atoms with Crippen LogP contribution in [0.2, 0.25) is 0 Å². The fraction of sp³-hybridized carbons (Fsp3) is 0.320. The fourth-order valence-corrected chi connectivity index (χ4v) is 4.56. The summed E-state index contributed by atoms with van der Waals surface area (Å²) in [5.41, 5.74) is 3.00. The molecule has 0 radical (unpaired) electrons. The highest BCUT2D eigenvalue weighted by Crippen LogP contribution is 2.39. The van der Waals surface area contributed by atoms with Gasteiger partial charge in [0.2, 0.25) is 0 Å². The highest BCUT2D eigenvalue weighted by molar-refractivity contribution is 6.04. The van der Waals surface area contributed by atoms with E-state index in [4.69, 9.17) is 0 Å². The van der Waals surface area contributed by atoms with Crippen LogP contribution in [0.15, 0.2) is 49.2 Å². The molecule has 1 aromatic carbocycles. The lowest BCUT2D eigenvalue weighted by atomic mass is 10.1. The number of halogens is 1. The topological polar surface area (TPSA) is 103 Å². The molecule has 1 saturated carbocycles. The Morgan fingerprint density at radius 2 is 2.09 bits per heavy atom. The number of aryl methyl sites for hydroxylation is 1. The van der Waals surface area contributed by atoms with Crippen molar-refractivity contribution in [3.05, 3.63) is 71.8 Å². The highest BCUT2D eigenvalue weighted by Gasteiger charge is 2.26. The van der Waals surface area contributed by atoms with E-state index in [0.29, 0.717) is 23.3 Å². The zero-order chi connectivity index (χ0) is 23.9. The van der Waals surface area contributed by atoms with Crippen LogP contribution in [0.4, 0.5) is 10.2 Å². The van der Waals surface area contributed by atoms with Crippen LogP contribution in [0.25, 0.3) is 17.2 Å². The van der Waals surface area contributed by atoms with Gasteiger partial charge >= 0.3 is 0 Å². The maximum Gasteiger partial charge on any atom is 0.259 e. The Kier molecular flexibility index (Phi) is 5.37. The number of hydrogen-bond acceptors (Lipinski definition) is 6. The summed E-state index contributed by atoms with van der Waals surface area (Å²) < 4.78 is 18.7. The second kappa shape index (κ2) is 8.70. The molecule has 35 heavy (non-hydrogen) atoms. The van der Waals surface area contributed by atoms with Crippen LogP contribution in [0.1, 0.15) is 52.8 Å². The van der Waals surface area contributed by atoms with Gasteiger partial charge in [-0.25, -0.2) is 14.4 Å². The van der Waals surface area contributed by atoms with E-state index in [1.54, 1.807) is 30.9 Å². The van der Waals surface area contributed by atoms with Gasteiger partial charge in [-0.3, -0.25) is 4.79 Å². The molecule has 0 bridgehead atoms. The van der Waals surface area contributed by atoms with Gasteiger partial charge in [-0.2, -0.15) is 0 Å². The maximum atomic E-state index is 14.8. The third-order valence-electron chi connectivity index (χ3n) is 6.63. The zero-order valence-corrected chi connectivity index (χ0v) is 19.3. The SMILES string of the molecule is Cc1cc(F)c(C(=O)Nc2cccc(-c3nncn3[C@H]3CCNC3)n2)cc1-n1cnc(C2CC2)c1. The molecule has 1 aliphatic heterocycles. The lowest BCUT2D eigenvalue weighted by Gasteiger charge is -2.13. The Bertz CT molecular complexity index is 1400. The third-order valence-corrected chi connectivity index (χ3v) is 6.63. The van der Waals surface area contributed by atoms with E-state index in [2.05, 4.69) is 30.8 Å². The Balaban J connectivity index is 1.26. The minimum Gasteiger partial charge on any atom is -0.315 e. The molecule has 6 rings (SSSR count). The second-order valence-electron chi connectivity index (χ2n) is 9.17. The van der Waals surface area contributed by atoms with Crippen molar-refractivity contribution >= 4 is 11.7 Å². The summed E-state index contributed by atoms with van der Waals surface area (Å²) in [6, 6.07) is 8.47. The van der Waals surface area contributed by atoms with E-state index in [1.165, 1.54) is 6.07 Å². The highest BCUT2D eigenvalue weighted by atomic mass is 19.1. The number of pyridine rings is 1. The quantitative estimate of drug-likeness (QED) is 0.444. The van der Waals surface area contributed by atoms with Crippen molar-refractivity contribution in [1.29, 1.82) is 0 Å². The van der Waals surface area contributed by atoms with Gasteiger partial charge in [0.15, 0.2) is 5.82 Å². The largest absolute Gasteiger partial charge is 0.315 e. The smallest absolute Gasteiger partial charge is 0.259 e. The summed E-state index contributed by atoms with van der Waals surface area (Å²) in [4.78, 5) is 22.1. The van der Waals surface area contributed by atoms with Crippen LogP contribution >= 0.6 is 0 Å². The van der Waals surface area contributed by atoms with Gasteiger partial charge in [0, 0.05) is 18.7 Å². The van der Waals surface area contributed by atoms with Gasteiger partial charge in [-0.15, -0.1) is 10.2 Å². The van der Waals surface area contributed by atoms with Gasteiger partial charge in [-0.1, -0.05) is 6.07 Å². The predicted molar refractivity (Wildman–Crippen MR) is 128 cm³/mol. The lowest BCUT2D eigenvalue weighted by molar-refractivity contribution is 0.102. The number of aromatic nitrogens is 6. The van der Waals surface area contributed by atoms with Crippen molar-refractivity contribution in [2.75, 3.05) is 18.4 Å². The van der Waals surface area contributed by atoms with E-state index in [1.807, 2.05) is 28.3 Å². The van der Waals surface area contributed by atoms with E-state index >= 15 is 0 Å². The number of nitrogens with zero attached hydrogens (tertiary/aromatic N) is 6. The summed E-state index contributed by atoms with van der Waals surface area (Å²) in [7, 11) is 0. The summed E-state index contributed by atoms with van der Waals surface area (Å²) >= 11 is 0. The molecule has 1 aliphatic carbocycles. The summed E-state index contributed by atoms with van der Waals surface area (Å²) in [6.45, 7) is 3.60. The number of benzene rings is 1. The maximum absolute atomic E-state index is 14.8. The molecule has 1 atom stereocenters.